The van der Waals surface area contributed by atoms with E-state index in [-0.39, 0.29) is 0 Å². The summed E-state index contributed by atoms with van der Waals surface area (Å²) in [6, 6.07) is 27.1. The second-order valence-electron chi connectivity index (χ2n) is 7.22. The Morgan fingerprint density at radius 2 is 1.13 bits per heavy atom. The average molecular weight is 408 g/mol. The van der Waals surface area contributed by atoms with Gasteiger partial charge in [-0.1, -0.05) is 36.4 Å². The first-order valence-corrected chi connectivity index (χ1v) is 10.0. The molecule has 5 aromatic rings. The lowest BCUT2D eigenvalue weighted by Crippen LogP contribution is -2.54. The summed E-state index contributed by atoms with van der Waals surface area (Å²) in [7, 11) is 0. The Hall–Kier alpha value is -4.26. The van der Waals surface area contributed by atoms with Gasteiger partial charge in [0.05, 0.1) is 0 Å². The van der Waals surface area contributed by atoms with Crippen LogP contribution in [0.5, 0.6) is 23.0 Å². The fraction of sp³-hybridized carbons (Fsp3) is 0. The van der Waals surface area contributed by atoms with Gasteiger partial charge in [-0.3, -0.25) is 0 Å². The van der Waals surface area contributed by atoms with E-state index in [0.29, 0.717) is 23.0 Å². The molecule has 7 rings (SSSR count). The number of hydrogen-bond donors (Lipinski definition) is 0. The highest BCUT2D eigenvalue weighted by Crippen LogP contribution is 2.44. The molecule has 0 saturated heterocycles. The molecule has 4 heterocycles. The van der Waals surface area contributed by atoms with Crippen molar-refractivity contribution >= 4 is 28.8 Å². The minimum Gasteiger partial charge on any atom is -0.609 e. The molecule has 2 aromatic heterocycles. The van der Waals surface area contributed by atoms with Gasteiger partial charge in [-0.2, -0.15) is 0 Å². The maximum atomic E-state index is 5.63. The van der Waals surface area contributed by atoms with Crippen LogP contribution < -0.4 is 23.6 Å². The maximum Gasteiger partial charge on any atom is 0.777 e. The lowest BCUT2D eigenvalue weighted by molar-refractivity contribution is -0.343. The number of aromatic amines is 1. The Morgan fingerprint density at radius 3 is 1.74 bits per heavy atom. The fourth-order valence-corrected chi connectivity index (χ4v) is 3.79. The van der Waals surface area contributed by atoms with Crippen LogP contribution in [0.4, 0.5) is 0 Å². The molecule has 0 fully saturated rings. The Labute approximate surface area is 178 Å². The number of hydrogen-bond acceptors (Lipinski definition) is 5. The summed E-state index contributed by atoms with van der Waals surface area (Å²) in [5.41, 5.74) is 2.14. The molecule has 0 aliphatic carbocycles. The van der Waals surface area contributed by atoms with Crippen molar-refractivity contribution < 1.29 is 23.6 Å². The molecule has 0 saturated carbocycles. The van der Waals surface area contributed by atoms with Gasteiger partial charge < -0.3 is 18.6 Å². The number of nitrogens with zero attached hydrogens (tertiary/aromatic N) is 1. The van der Waals surface area contributed by atoms with Crippen molar-refractivity contribution in [1.82, 2.24) is 4.98 Å². The molecule has 0 bridgehead atoms. The topological polar surface area (TPSA) is 64.0 Å². The normalized spacial score (nSPS) is 14.5. The summed E-state index contributed by atoms with van der Waals surface area (Å²) in [6.45, 7) is -2.21. The zero-order chi connectivity index (χ0) is 20.7. The fourth-order valence-electron chi connectivity index (χ4n) is 3.79. The van der Waals surface area contributed by atoms with Crippen LogP contribution in [0.3, 0.4) is 0 Å². The molecule has 2 aliphatic heterocycles. The quantitative estimate of drug-likeness (QED) is 0.278. The number of benzene rings is 3. The van der Waals surface area contributed by atoms with E-state index in [4.69, 9.17) is 18.6 Å². The Kier molecular flexibility index (Phi) is 3.92. The van der Waals surface area contributed by atoms with E-state index in [1.165, 1.54) is 10.8 Å². The molecule has 2 aliphatic rings. The van der Waals surface area contributed by atoms with Crippen molar-refractivity contribution in [2.75, 3.05) is 0 Å². The number of nitrogens with one attached hydrogen (secondary N) is 1. The van der Waals surface area contributed by atoms with Crippen molar-refractivity contribution in [3.63, 3.8) is 0 Å². The van der Waals surface area contributed by atoms with Gasteiger partial charge in [0.1, 0.15) is 28.5 Å². The lowest BCUT2D eigenvalue weighted by Gasteiger charge is -2.27. The summed E-state index contributed by atoms with van der Waals surface area (Å²) in [5.74, 6) is 2.56. The van der Waals surface area contributed by atoms with Gasteiger partial charge in [-0.05, 0) is 42.5 Å². The highest BCUT2D eigenvalue weighted by atomic mass is 16.9. The molecule has 31 heavy (non-hydrogen) atoms. The van der Waals surface area contributed by atoms with E-state index in [0.717, 1.165) is 11.0 Å². The molecule has 3 aromatic carbocycles. The third-order valence-corrected chi connectivity index (χ3v) is 5.19. The predicted octanol–water partition coefficient (Wildman–Crippen LogP) is 4.57. The summed E-state index contributed by atoms with van der Waals surface area (Å²) >= 11 is 0. The van der Waals surface area contributed by atoms with Crippen LogP contribution in [-0.2, 0) is 0 Å². The molecule has 0 radical (unpaired) electrons. The number of aromatic nitrogens is 2. The van der Waals surface area contributed by atoms with Crippen LogP contribution >= 0.6 is 0 Å². The van der Waals surface area contributed by atoms with E-state index in [2.05, 4.69) is 34.2 Å². The summed E-state index contributed by atoms with van der Waals surface area (Å²) in [6.07, 6.45) is 3.75. The van der Waals surface area contributed by atoms with Crippen LogP contribution in [0.1, 0.15) is 0 Å². The van der Waals surface area contributed by atoms with Crippen LogP contribution in [0.15, 0.2) is 97.3 Å². The SMILES string of the molecule is c1ccc2c(c1)O[B-]1(O2)Oc2ccccc2O1.c1cnc2c(c1)ccc1ccc[nH+]c12. The van der Waals surface area contributed by atoms with Crippen molar-refractivity contribution in [1.29, 1.82) is 0 Å². The number of pyridine rings is 2. The molecule has 0 atom stereocenters. The van der Waals surface area contributed by atoms with E-state index < -0.39 is 6.96 Å². The first kappa shape index (κ1) is 17.6. The van der Waals surface area contributed by atoms with Gasteiger partial charge in [-0.25, -0.2) is 9.97 Å². The molecule has 1 spiro atoms. The molecule has 150 valence electrons. The second-order valence-corrected chi connectivity index (χ2v) is 7.22. The van der Waals surface area contributed by atoms with Gasteiger partial charge in [0.25, 0.3) is 0 Å². The van der Waals surface area contributed by atoms with Crippen molar-refractivity contribution in [3.05, 3.63) is 97.3 Å². The van der Waals surface area contributed by atoms with Crippen LogP contribution in [0.2, 0.25) is 0 Å². The molecule has 0 unspecified atom stereocenters. The minimum absolute atomic E-state index is 0.639. The first-order valence-electron chi connectivity index (χ1n) is 10.0. The Balaban J connectivity index is 0.000000122. The maximum absolute atomic E-state index is 5.63. The Bertz CT molecular complexity index is 1260. The van der Waals surface area contributed by atoms with E-state index in [1.54, 1.807) is 0 Å². The zero-order valence-electron chi connectivity index (χ0n) is 16.4. The monoisotopic (exact) mass is 408 g/mol. The number of para-hydroxylation sites is 4. The van der Waals surface area contributed by atoms with Crippen LogP contribution in [-0.4, -0.2) is 11.9 Å². The van der Waals surface area contributed by atoms with Gasteiger partial charge >= 0.3 is 6.96 Å². The van der Waals surface area contributed by atoms with Crippen molar-refractivity contribution in [2.24, 2.45) is 0 Å². The molecular formula is C24H17BN2O4. The summed E-state index contributed by atoms with van der Waals surface area (Å²) in [4.78, 5) is 7.61. The third-order valence-electron chi connectivity index (χ3n) is 5.19. The molecule has 7 heteroatoms. The second kappa shape index (κ2) is 6.92. The summed E-state index contributed by atoms with van der Waals surface area (Å²) in [5, 5.41) is 2.36. The molecule has 1 N–H and O–H groups in total. The predicted molar refractivity (Wildman–Crippen MR) is 117 cm³/mol. The third kappa shape index (κ3) is 3.07. The number of rotatable bonds is 0. The number of H-pyrrole nitrogens is 1. The molecule has 6 nitrogen and oxygen atoms in total. The number of fused-ring (bicyclic) bond motifs is 5. The van der Waals surface area contributed by atoms with Gasteiger partial charge in [0, 0.05) is 23.0 Å². The van der Waals surface area contributed by atoms with E-state index >= 15 is 0 Å². The largest absolute Gasteiger partial charge is 0.777 e. The average Bonchev–Trinajstić information content (AvgIpc) is 3.37. The van der Waals surface area contributed by atoms with E-state index in [1.807, 2.05) is 73.1 Å². The smallest absolute Gasteiger partial charge is 0.609 e. The molecule has 0 amide bonds. The van der Waals surface area contributed by atoms with Gasteiger partial charge in [0.2, 0.25) is 5.52 Å². The first-order chi connectivity index (χ1) is 15.3. The van der Waals surface area contributed by atoms with Gasteiger partial charge in [-0.15, -0.1) is 0 Å². The Morgan fingerprint density at radius 1 is 0.581 bits per heavy atom. The zero-order valence-corrected chi connectivity index (χ0v) is 16.4. The van der Waals surface area contributed by atoms with Gasteiger partial charge in [0.15, 0.2) is 6.20 Å². The van der Waals surface area contributed by atoms with Crippen molar-refractivity contribution in [2.45, 2.75) is 0 Å². The lowest BCUT2D eigenvalue weighted by atomic mass is 10.1. The van der Waals surface area contributed by atoms with E-state index in [9.17, 15) is 0 Å². The van der Waals surface area contributed by atoms with Crippen LogP contribution in [0, 0.1) is 0 Å². The summed E-state index contributed by atoms with van der Waals surface area (Å²) < 4.78 is 22.5. The highest BCUT2D eigenvalue weighted by molar-refractivity contribution is 6.59. The van der Waals surface area contributed by atoms with Crippen LogP contribution in [0.25, 0.3) is 21.8 Å². The standard InChI is InChI=1S/C12H8BO4.C12H8N2/c1-2-6-10-9(5-1)14-13(15-10)16-11-7-3-4-8-12(11)17-13;1-3-9-5-6-10-4-2-8-14-12(10)11(9)13-7-1/h1-8H;1-8H/q-1;/p+1. The highest BCUT2D eigenvalue weighted by Gasteiger charge is 2.51. The molecular weight excluding hydrogens is 391 g/mol. The minimum atomic E-state index is -2.21. The van der Waals surface area contributed by atoms with Crippen molar-refractivity contribution in [3.8, 4) is 23.0 Å².